The van der Waals surface area contributed by atoms with Crippen LogP contribution in [0.3, 0.4) is 0 Å². The fraction of sp³-hybridized carbons (Fsp3) is 0.280. The molecule has 4 rings (SSSR count). The number of carbonyl (C=O) groups is 2. The molecule has 4 aromatic rings. The van der Waals surface area contributed by atoms with Gasteiger partial charge in [0.1, 0.15) is 6.04 Å². The van der Waals surface area contributed by atoms with Crippen LogP contribution in [0.5, 0.6) is 0 Å². The number of hydrogen-bond donors (Lipinski definition) is 1. The number of aromatic nitrogens is 2. The van der Waals surface area contributed by atoms with Gasteiger partial charge in [0.2, 0.25) is 5.91 Å². The summed E-state index contributed by atoms with van der Waals surface area (Å²) in [6.45, 7) is 5.38. The molecule has 0 spiro atoms. The molecule has 2 aromatic carbocycles. The number of nitrogens with one attached hydrogen (secondary N) is 1. The summed E-state index contributed by atoms with van der Waals surface area (Å²) in [5.41, 5.74) is 0.904. The lowest BCUT2D eigenvalue weighted by molar-refractivity contribution is -0.154. The Labute approximate surface area is 195 Å². The number of nitrogens with zero attached hydrogens (tertiary/aromatic N) is 2. The Balaban J connectivity index is 1.41. The third kappa shape index (κ3) is 5.28. The largest absolute Gasteiger partial charge is 0.451 e. The fourth-order valence-electron chi connectivity index (χ4n) is 3.54. The van der Waals surface area contributed by atoms with Crippen LogP contribution in [-0.2, 0) is 20.7 Å². The lowest BCUT2D eigenvalue weighted by Crippen LogP contribution is -2.46. The minimum Gasteiger partial charge on any atom is -0.451 e. The number of esters is 1. The van der Waals surface area contributed by atoms with Gasteiger partial charge in [0.15, 0.2) is 6.10 Å². The Morgan fingerprint density at radius 3 is 2.58 bits per heavy atom. The van der Waals surface area contributed by atoms with Crippen molar-refractivity contribution in [2.45, 2.75) is 39.3 Å². The van der Waals surface area contributed by atoms with Gasteiger partial charge < -0.3 is 14.5 Å². The summed E-state index contributed by atoms with van der Waals surface area (Å²) in [5, 5.41) is 14.9. The first kappa shape index (κ1) is 22.7. The summed E-state index contributed by atoms with van der Waals surface area (Å²) in [6.07, 6.45) is -0.573. The number of amides is 1. The summed E-state index contributed by atoms with van der Waals surface area (Å²) in [5.74, 6) is -0.361. The lowest BCUT2D eigenvalue weighted by Gasteiger charge is -2.22. The van der Waals surface area contributed by atoms with Crippen LogP contribution >= 0.6 is 11.3 Å². The second-order valence-electron chi connectivity index (χ2n) is 8.11. The Bertz CT molecular complexity index is 1240. The SMILES string of the molecule is CC(C)[C@H](NC(=O)Cc1cccc2ccccc12)C(=O)O[C@@H](C)c1nnc(-c2cccs2)o1. The van der Waals surface area contributed by atoms with Gasteiger partial charge in [-0.15, -0.1) is 21.5 Å². The molecule has 2 atom stereocenters. The maximum atomic E-state index is 12.9. The Morgan fingerprint density at radius 2 is 1.82 bits per heavy atom. The maximum Gasteiger partial charge on any atom is 0.329 e. The van der Waals surface area contributed by atoms with Crippen molar-refractivity contribution < 1.29 is 18.7 Å². The van der Waals surface area contributed by atoms with E-state index in [9.17, 15) is 9.59 Å². The first-order chi connectivity index (χ1) is 15.9. The second kappa shape index (κ2) is 9.95. The molecule has 8 heteroatoms. The topological polar surface area (TPSA) is 94.3 Å². The molecule has 1 N–H and O–H groups in total. The number of benzene rings is 2. The van der Waals surface area contributed by atoms with Gasteiger partial charge in [-0.2, -0.15) is 0 Å². The highest BCUT2D eigenvalue weighted by molar-refractivity contribution is 7.13. The van der Waals surface area contributed by atoms with Crippen LogP contribution in [-0.4, -0.2) is 28.1 Å². The fourth-order valence-corrected chi connectivity index (χ4v) is 4.18. The van der Waals surface area contributed by atoms with E-state index in [1.54, 1.807) is 6.92 Å². The average molecular weight is 464 g/mol. The van der Waals surface area contributed by atoms with Gasteiger partial charge in [-0.05, 0) is 40.6 Å². The molecule has 0 bridgehead atoms. The zero-order chi connectivity index (χ0) is 23.4. The van der Waals surface area contributed by atoms with Gasteiger partial charge in [-0.25, -0.2) is 4.79 Å². The van der Waals surface area contributed by atoms with Gasteiger partial charge in [-0.3, -0.25) is 4.79 Å². The predicted octanol–water partition coefficient (Wildman–Crippen LogP) is 4.94. The number of thiophene rings is 1. The van der Waals surface area contributed by atoms with Crippen molar-refractivity contribution in [3.05, 3.63) is 71.4 Å². The van der Waals surface area contributed by atoms with Gasteiger partial charge >= 0.3 is 5.97 Å². The highest BCUT2D eigenvalue weighted by atomic mass is 32.1. The Hall–Kier alpha value is -3.52. The zero-order valence-electron chi connectivity index (χ0n) is 18.6. The van der Waals surface area contributed by atoms with Crippen LogP contribution < -0.4 is 5.32 Å². The average Bonchev–Trinajstić information content (AvgIpc) is 3.49. The normalized spacial score (nSPS) is 13.1. The Kier molecular flexibility index (Phi) is 6.84. The van der Waals surface area contributed by atoms with Crippen LogP contribution in [0.25, 0.3) is 21.5 Å². The molecule has 2 heterocycles. The quantitative estimate of drug-likeness (QED) is 0.372. The van der Waals surface area contributed by atoms with Crippen LogP contribution in [0.4, 0.5) is 0 Å². The smallest absolute Gasteiger partial charge is 0.329 e. The van der Waals surface area contributed by atoms with E-state index in [1.807, 2.05) is 73.8 Å². The van der Waals surface area contributed by atoms with E-state index in [4.69, 9.17) is 9.15 Å². The highest BCUT2D eigenvalue weighted by Crippen LogP contribution is 2.26. The van der Waals surface area contributed by atoms with Crippen LogP contribution in [0, 0.1) is 5.92 Å². The molecule has 0 aliphatic carbocycles. The second-order valence-corrected chi connectivity index (χ2v) is 9.05. The first-order valence-electron chi connectivity index (χ1n) is 10.8. The van der Waals surface area contributed by atoms with E-state index in [-0.39, 0.29) is 24.1 Å². The molecule has 170 valence electrons. The molecule has 0 radical (unpaired) electrons. The molecule has 0 saturated carbocycles. The molecular formula is C25H25N3O4S. The summed E-state index contributed by atoms with van der Waals surface area (Å²) < 4.78 is 11.2. The molecule has 0 fully saturated rings. The van der Waals surface area contributed by atoms with Gasteiger partial charge in [-0.1, -0.05) is 62.4 Å². The number of hydrogen-bond acceptors (Lipinski definition) is 7. The number of rotatable bonds is 8. The van der Waals surface area contributed by atoms with Crippen molar-refractivity contribution >= 4 is 34.0 Å². The third-order valence-corrected chi connectivity index (χ3v) is 6.14. The summed E-state index contributed by atoms with van der Waals surface area (Å²) >= 11 is 1.48. The van der Waals surface area contributed by atoms with Gasteiger partial charge in [0.05, 0.1) is 11.3 Å². The molecular weight excluding hydrogens is 438 g/mol. The molecule has 0 aliphatic heterocycles. The van der Waals surface area contributed by atoms with E-state index in [1.165, 1.54) is 11.3 Å². The minimum atomic E-state index is -0.797. The van der Waals surface area contributed by atoms with Crippen molar-refractivity contribution in [3.63, 3.8) is 0 Å². The van der Waals surface area contributed by atoms with Crippen LogP contribution in [0.2, 0.25) is 0 Å². The summed E-state index contributed by atoms with van der Waals surface area (Å²) in [7, 11) is 0. The van der Waals surface area contributed by atoms with E-state index in [2.05, 4.69) is 15.5 Å². The molecule has 0 saturated heterocycles. The molecule has 2 aromatic heterocycles. The maximum absolute atomic E-state index is 12.9. The third-order valence-electron chi connectivity index (χ3n) is 5.28. The highest BCUT2D eigenvalue weighted by Gasteiger charge is 2.29. The molecule has 1 amide bonds. The van der Waals surface area contributed by atoms with Crippen molar-refractivity contribution in [1.29, 1.82) is 0 Å². The molecule has 0 aliphatic rings. The Morgan fingerprint density at radius 1 is 1.03 bits per heavy atom. The number of ether oxygens (including phenoxy) is 1. The molecule has 7 nitrogen and oxygen atoms in total. The van der Waals surface area contributed by atoms with Crippen LogP contribution in [0.15, 0.2) is 64.4 Å². The standard InChI is InChI=1S/C25H25N3O4S/c1-15(2)22(26-21(29)14-18-10-6-9-17-8-4-5-11-19(17)18)25(30)31-16(3)23-27-28-24(32-23)20-12-7-13-33-20/h4-13,15-16,22H,14H2,1-3H3,(H,26,29)/t16-,22-/m0/s1. The minimum absolute atomic E-state index is 0.162. The monoisotopic (exact) mass is 463 g/mol. The van der Waals surface area contributed by atoms with Crippen molar-refractivity contribution in [2.75, 3.05) is 0 Å². The van der Waals surface area contributed by atoms with Crippen molar-refractivity contribution in [1.82, 2.24) is 15.5 Å². The lowest BCUT2D eigenvalue weighted by atomic mass is 10.0. The predicted molar refractivity (Wildman–Crippen MR) is 127 cm³/mol. The molecule has 33 heavy (non-hydrogen) atoms. The van der Waals surface area contributed by atoms with Crippen LogP contribution in [0.1, 0.15) is 38.3 Å². The summed E-state index contributed by atoms with van der Waals surface area (Å²) in [4.78, 5) is 26.5. The zero-order valence-corrected chi connectivity index (χ0v) is 19.5. The van der Waals surface area contributed by atoms with Gasteiger partial charge in [0, 0.05) is 0 Å². The van der Waals surface area contributed by atoms with Gasteiger partial charge in [0.25, 0.3) is 11.8 Å². The van der Waals surface area contributed by atoms with E-state index in [0.29, 0.717) is 5.89 Å². The van der Waals surface area contributed by atoms with Crippen molar-refractivity contribution in [3.8, 4) is 10.8 Å². The van der Waals surface area contributed by atoms with E-state index < -0.39 is 18.1 Å². The molecule has 0 unspecified atom stereocenters. The number of carbonyl (C=O) groups excluding carboxylic acids is 2. The van der Waals surface area contributed by atoms with Crippen molar-refractivity contribution in [2.24, 2.45) is 5.92 Å². The van der Waals surface area contributed by atoms with E-state index >= 15 is 0 Å². The van der Waals surface area contributed by atoms with E-state index in [0.717, 1.165) is 21.2 Å². The summed E-state index contributed by atoms with van der Waals surface area (Å²) in [6, 6.07) is 16.7. The number of fused-ring (bicyclic) bond motifs is 1. The first-order valence-corrected chi connectivity index (χ1v) is 11.6.